The van der Waals surface area contributed by atoms with Gasteiger partial charge in [-0.05, 0) is 313 Å². The summed E-state index contributed by atoms with van der Waals surface area (Å²) in [7, 11) is 0. The molecule has 0 aromatic heterocycles. The molecule has 99 heavy (non-hydrogen) atoms. The monoisotopic (exact) mass is 1300 g/mol. The molecule has 0 bridgehead atoms. The fourth-order valence-corrected chi connectivity index (χ4v) is 18.8. The first kappa shape index (κ1) is 67.1. The molecule has 15 rings (SSSR count). The molecule has 0 saturated carbocycles. The summed E-state index contributed by atoms with van der Waals surface area (Å²) in [4.78, 5) is 2.57. The Labute approximate surface area is 591 Å². The Hall–Kier alpha value is -7.73. The molecule has 15 aromatic rings. The van der Waals surface area contributed by atoms with Crippen molar-refractivity contribution in [2.45, 2.75) is 225 Å². The predicted octanol–water partition coefficient (Wildman–Crippen LogP) is 29.7. The summed E-state index contributed by atoms with van der Waals surface area (Å²) in [5.41, 5.74) is 12.6. The van der Waals surface area contributed by atoms with Crippen LogP contribution in [0.5, 0.6) is 0 Å². The number of aryl methyl sites for hydroxylation is 6. The van der Waals surface area contributed by atoms with Crippen LogP contribution in [0, 0.1) is 72.5 Å². The molecule has 0 N–H and O–H groups in total. The number of hydrogen-bond acceptors (Lipinski definition) is 2. The molecule has 0 aliphatic carbocycles. The molecule has 4 unspecified atom stereocenters. The van der Waals surface area contributed by atoms with E-state index in [2.05, 4.69) is 229 Å². The van der Waals surface area contributed by atoms with Crippen LogP contribution in [0.3, 0.4) is 0 Å². The van der Waals surface area contributed by atoms with E-state index in [0.717, 1.165) is 67.8 Å². The zero-order chi connectivity index (χ0) is 68.8. The Kier molecular flexibility index (Phi) is 18.5. The Morgan fingerprint density at radius 2 is 0.485 bits per heavy atom. The molecule has 0 fully saturated rings. The minimum atomic E-state index is 0.630. The van der Waals surface area contributed by atoms with Gasteiger partial charge in [0.25, 0.3) is 0 Å². The van der Waals surface area contributed by atoms with Crippen LogP contribution in [0.25, 0.3) is 129 Å². The van der Waals surface area contributed by atoms with Crippen molar-refractivity contribution in [3.63, 3.8) is 0 Å². The van der Waals surface area contributed by atoms with E-state index < -0.39 is 0 Å². The maximum Gasteiger partial charge on any atom is 0.0992 e. The van der Waals surface area contributed by atoms with Gasteiger partial charge in [-0.3, -0.25) is 0 Å². The second kappa shape index (κ2) is 27.3. The maximum atomic E-state index is 11.5. The van der Waals surface area contributed by atoms with E-state index in [0.29, 0.717) is 23.7 Å². The molecule has 0 heterocycles. The second-order valence-electron chi connectivity index (χ2n) is 34.4. The van der Waals surface area contributed by atoms with Gasteiger partial charge in [0, 0.05) is 17.1 Å². The first-order valence-electron chi connectivity index (χ1n) is 39.5. The molecule has 4 atom stereocenters. The highest BCUT2D eigenvalue weighted by molar-refractivity contribution is 6.61. The van der Waals surface area contributed by atoms with Gasteiger partial charge in [0.1, 0.15) is 0 Å². The van der Waals surface area contributed by atoms with Crippen molar-refractivity contribution in [2.75, 3.05) is 4.90 Å². The van der Waals surface area contributed by atoms with E-state index in [1.807, 2.05) is 0 Å². The van der Waals surface area contributed by atoms with Gasteiger partial charge in [0.15, 0.2) is 0 Å². The fraction of sp³-hybridized carbons (Fsp3) is 0.433. The van der Waals surface area contributed by atoms with Crippen molar-refractivity contribution in [3.05, 3.63) is 160 Å². The lowest BCUT2D eigenvalue weighted by molar-refractivity contribution is 0.437. The number of fused-ring (bicyclic) bond motifs is 6. The van der Waals surface area contributed by atoms with E-state index in [9.17, 15) is 5.26 Å². The van der Waals surface area contributed by atoms with Crippen LogP contribution in [0.1, 0.15) is 225 Å². The highest BCUT2D eigenvalue weighted by Crippen LogP contribution is 2.62. The standard InChI is InChI=1S/C97H110N2/c1-56(2)19-15-23-60(9)27-35-66-43-74-76-45-68(37-29-62(11)25-17-21-58(5)6)49-80-84-53-73(99(71-39-31-64(13)32-40-71)72-41-33-65(14)34-42-72)54-85-81-50-69(38-30-63(12)26-18-22-59(7)8)46-77-75-44-67(36-28-61(10)24-16-20-57(3)4)48-79-83-52-70(55-98)51-82-78(47-66)86(74)92-94(88(76)80)97(91(84)85)95(89(77)81)93(87(75)79)96(92)90(82)83/h31-34,39-54,56-63H,15-30,35-38H2,1-14H3. The summed E-state index contributed by atoms with van der Waals surface area (Å²) >= 11 is 0. The van der Waals surface area contributed by atoms with E-state index in [-0.39, 0.29) is 0 Å². The van der Waals surface area contributed by atoms with Gasteiger partial charge < -0.3 is 4.90 Å². The van der Waals surface area contributed by atoms with Gasteiger partial charge in [-0.2, -0.15) is 5.26 Å². The van der Waals surface area contributed by atoms with Crippen LogP contribution >= 0.6 is 0 Å². The zero-order valence-electron chi connectivity index (χ0n) is 62.7. The normalized spacial score (nSPS) is 14.2. The van der Waals surface area contributed by atoms with Gasteiger partial charge in [0.05, 0.1) is 11.6 Å². The van der Waals surface area contributed by atoms with Crippen LogP contribution < -0.4 is 4.90 Å². The summed E-state index contributed by atoms with van der Waals surface area (Å²) in [5, 5.41) is 44.8. The Morgan fingerprint density at radius 1 is 0.263 bits per heavy atom. The largest absolute Gasteiger partial charge is 0.310 e. The minimum Gasteiger partial charge on any atom is -0.310 e. The Balaban J connectivity index is 1.11. The molecule has 15 aromatic carbocycles. The third-order valence-corrected chi connectivity index (χ3v) is 24.4. The van der Waals surface area contributed by atoms with Crippen molar-refractivity contribution in [2.24, 2.45) is 47.3 Å². The van der Waals surface area contributed by atoms with Gasteiger partial charge in [-0.15, -0.1) is 0 Å². The van der Waals surface area contributed by atoms with E-state index in [1.54, 1.807) is 0 Å². The molecular weight excluding hydrogens is 1190 g/mol. The van der Waals surface area contributed by atoms with Crippen LogP contribution in [0.15, 0.2) is 121 Å². The summed E-state index contributed by atoms with van der Waals surface area (Å²) in [5.74, 6) is 5.43. The van der Waals surface area contributed by atoms with Crippen LogP contribution in [0.4, 0.5) is 17.1 Å². The molecule has 0 saturated heterocycles. The molecule has 0 aliphatic heterocycles. The number of benzene rings is 15. The number of nitriles is 1. The summed E-state index contributed by atoms with van der Waals surface area (Å²) in [6, 6.07) is 52.8. The molecule has 0 radical (unpaired) electrons. The molecule has 2 nitrogen and oxygen atoms in total. The second-order valence-corrected chi connectivity index (χ2v) is 34.4. The van der Waals surface area contributed by atoms with Gasteiger partial charge in [-0.1, -0.05) is 244 Å². The fourth-order valence-electron chi connectivity index (χ4n) is 18.8. The molecule has 0 spiro atoms. The summed E-state index contributed by atoms with van der Waals surface area (Å²) in [6.07, 6.45) is 24.2. The average molecular weight is 1300 g/mol. The highest BCUT2D eigenvalue weighted by Gasteiger charge is 2.34. The molecule has 0 aliphatic rings. The summed E-state index contributed by atoms with van der Waals surface area (Å²) in [6.45, 7) is 33.5. The molecule has 0 amide bonds. The van der Waals surface area contributed by atoms with Crippen LogP contribution in [-0.4, -0.2) is 0 Å². The van der Waals surface area contributed by atoms with Crippen molar-refractivity contribution in [1.82, 2.24) is 0 Å². The van der Waals surface area contributed by atoms with Gasteiger partial charge in [-0.25, -0.2) is 0 Å². The van der Waals surface area contributed by atoms with Crippen molar-refractivity contribution >= 4 is 146 Å². The Morgan fingerprint density at radius 3 is 0.707 bits per heavy atom. The third-order valence-electron chi connectivity index (χ3n) is 24.4. The SMILES string of the molecule is Cc1ccc(N(c2ccc(C)cc2)c2cc3c4cc(CCC(C)CCCC(C)C)cc5c6cc(CCC(C)CCCC(C)C)cc7c8cc(C#N)cc9c%10cc(CCC(C)CCCC(C)C)cc%11c%12cc(CCC(C)CCCC(C)C)cc%13c(c2)c3c2c(c54)c(c76)c(c89)c(c%10%11)c2c%12%13)cc1. The molecular formula is C97H110N2. The number of anilines is 3. The van der Waals surface area contributed by atoms with E-state index in [4.69, 9.17) is 0 Å². The van der Waals surface area contributed by atoms with E-state index in [1.165, 1.54) is 270 Å². The first-order chi connectivity index (χ1) is 47.8. The van der Waals surface area contributed by atoms with Crippen LogP contribution in [-0.2, 0) is 25.7 Å². The lowest BCUT2D eigenvalue weighted by atomic mass is 9.72. The lowest BCUT2D eigenvalue weighted by Crippen LogP contribution is -2.10. The number of hydrogen-bond donors (Lipinski definition) is 0. The van der Waals surface area contributed by atoms with E-state index >= 15 is 0 Å². The van der Waals surface area contributed by atoms with Crippen LogP contribution in [0.2, 0.25) is 0 Å². The maximum absolute atomic E-state index is 11.5. The molecule has 2 heteroatoms. The number of nitrogens with zero attached hydrogens (tertiary/aromatic N) is 2. The summed E-state index contributed by atoms with van der Waals surface area (Å²) < 4.78 is 0. The van der Waals surface area contributed by atoms with Gasteiger partial charge >= 0.3 is 0 Å². The van der Waals surface area contributed by atoms with Gasteiger partial charge in [0.2, 0.25) is 0 Å². The minimum absolute atomic E-state index is 0.630. The smallest absolute Gasteiger partial charge is 0.0992 e. The van der Waals surface area contributed by atoms with Crippen molar-refractivity contribution < 1.29 is 0 Å². The lowest BCUT2D eigenvalue weighted by Gasteiger charge is -2.31. The first-order valence-corrected chi connectivity index (χ1v) is 39.5. The number of rotatable bonds is 31. The average Bonchev–Trinajstić information content (AvgIpc) is 0.643. The van der Waals surface area contributed by atoms with Crippen molar-refractivity contribution in [3.8, 4) is 6.07 Å². The van der Waals surface area contributed by atoms with Crippen molar-refractivity contribution in [1.29, 1.82) is 5.26 Å². The molecule has 508 valence electrons. The topological polar surface area (TPSA) is 27.0 Å². The Bertz CT molecular complexity index is 5060. The zero-order valence-corrected chi connectivity index (χ0v) is 62.7. The quantitative estimate of drug-likeness (QED) is 0.0320. The highest BCUT2D eigenvalue weighted by atomic mass is 15.1. The third kappa shape index (κ3) is 12.4. The predicted molar refractivity (Wildman–Crippen MR) is 437 cm³/mol.